The predicted molar refractivity (Wildman–Crippen MR) is 74.8 cm³/mol. The predicted octanol–water partition coefficient (Wildman–Crippen LogP) is 3.78. The molecular weight excluding hydrogens is 242 g/mol. The molecule has 0 bridgehead atoms. The van der Waals surface area contributed by atoms with Gasteiger partial charge >= 0.3 is 0 Å². The van der Waals surface area contributed by atoms with Crippen molar-refractivity contribution in [1.82, 2.24) is 0 Å². The summed E-state index contributed by atoms with van der Waals surface area (Å²) in [6.07, 6.45) is 0. The minimum atomic E-state index is -0.135. The van der Waals surface area contributed by atoms with Crippen LogP contribution >= 0.6 is 11.8 Å². The molecule has 1 aliphatic heterocycles. The Kier molecular flexibility index (Phi) is 2.84. The Morgan fingerprint density at radius 1 is 1.06 bits per heavy atom. The van der Waals surface area contributed by atoms with Gasteiger partial charge in [0.25, 0.3) is 0 Å². The standard InChI is InChI=1S/C15H13NOS/c1-10-6-8-11(9-7-10)18-14-12-4-2-3-5-13(12)16-15(14)17/h2-9,14H,1H3,(H,16,17). The highest BCUT2D eigenvalue weighted by molar-refractivity contribution is 8.00. The van der Waals surface area contributed by atoms with E-state index in [1.54, 1.807) is 11.8 Å². The van der Waals surface area contributed by atoms with E-state index < -0.39 is 0 Å². The number of thioether (sulfide) groups is 1. The van der Waals surface area contributed by atoms with E-state index in [0.717, 1.165) is 16.1 Å². The van der Waals surface area contributed by atoms with Crippen LogP contribution in [0.5, 0.6) is 0 Å². The van der Waals surface area contributed by atoms with Gasteiger partial charge in [-0.1, -0.05) is 35.9 Å². The number of fused-ring (bicyclic) bond motifs is 1. The molecule has 2 aromatic carbocycles. The lowest BCUT2D eigenvalue weighted by Crippen LogP contribution is -2.08. The summed E-state index contributed by atoms with van der Waals surface area (Å²) in [5.41, 5.74) is 3.25. The summed E-state index contributed by atoms with van der Waals surface area (Å²) in [4.78, 5) is 13.1. The molecule has 0 aromatic heterocycles. The number of para-hydroxylation sites is 1. The summed E-state index contributed by atoms with van der Waals surface area (Å²) in [6.45, 7) is 2.06. The van der Waals surface area contributed by atoms with Crippen molar-refractivity contribution in [2.45, 2.75) is 17.1 Å². The first kappa shape index (κ1) is 11.4. The zero-order valence-corrected chi connectivity index (χ0v) is 10.8. The normalized spacial score (nSPS) is 17.4. The van der Waals surface area contributed by atoms with Crippen LogP contribution in [0.4, 0.5) is 5.69 Å². The molecule has 1 aliphatic rings. The number of anilines is 1. The third kappa shape index (κ3) is 2.02. The molecule has 3 heteroatoms. The van der Waals surface area contributed by atoms with E-state index in [9.17, 15) is 4.79 Å². The fourth-order valence-corrected chi connectivity index (χ4v) is 3.11. The minimum Gasteiger partial charge on any atom is -0.325 e. The van der Waals surface area contributed by atoms with Crippen LogP contribution in [0.25, 0.3) is 0 Å². The van der Waals surface area contributed by atoms with E-state index in [-0.39, 0.29) is 11.2 Å². The zero-order valence-electron chi connectivity index (χ0n) is 10.0. The van der Waals surface area contributed by atoms with Crippen LogP contribution < -0.4 is 5.32 Å². The van der Waals surface area contributed by atoms with Gasteiger partial charge < -0.3 is 5.32 Å². The van der Waals surface area contributed by atoms with Crippen molar-refractivity contribution in [3.05, 3.63) is 59.7 Å². The highest BCUT2D eigenvalue weighted by Crippen LogP contribution is 2.43. The number of benzene rings is 2. The number of hydrogen-bond acceptors (Lipinski definition) is 2. The van der Waals surface area contributed by atoms with Crippen molar-refractivity contribution >= 4 is 23.4 Å². The van der Waals surface area contributed by atoms with Crippen LogP contribution in [0.2, 0.25) is 0 Å². The molecule has 1 atom stereocenters. The van der Waals surface area contributed by atoms with E-state index >= 15 is 0 Å². The first-order valence-electron chi connectivity index (χ1n) is 5.87. The van der Waals surface area contributed by atoms with Crippen LogP contribution in [0.3, 0.4) is 0 Å². The fourth-order valence-electron chi connectivity index (χ4n) is 2.05. The summed E-state index contributed by atoms with van der Waals surface area (Å²) in [5.74, 6) is 0.0711. The quantitative estimate of drug-likeness (QED) is 0.884. The van der Waals surface area contributed by atoms with E-state index in [1.807, 2.05) is 24.3 Å². The Labute approximate surface area is 110 Å². The second-order valence-electron chi connectivity index (χ2n) is 4.39. The lowest BCUT2D eigenvalue weighted by Gasteiger charge is -2.08. The van der Waals surface area contributed by atoms with Gasteiger partial charge in [0.15, 0.2) is 0 Å². The van der Waals surface area contributed by atoms with Crippen LogP contribution in [-0.2, 0) is 4.79 Å². The summed E-state index contributed by atoms with van der Waals surface area (Å²) < 4.78 is 0. The number of nitrogens with one attached hydrogen (secondary N) is 1. The molecule has 2 nitrogen and oxygen atoms in total. The average molecular weight is 255 g/mol. The maximum Gasteiger partial charge on any atom is 0.242 e. The SMILES string of the molecule is Cc1ccc(SC2C(=O)Nc3ccccc32)cc1. The monoisotopic (exact) mass is 255 g/mol. The molecule has 18 heavy (non-hydrogen) atoms. The fraction of sp³-hybridized carbons (Fsp3) is 0.133. The van der Waals surface area contributed by atoms with Gasteiger partial charge in [-0.3, -0.25) is 4.79 Å². The molecular formula is C15H13NOS. The lowest BCUT2D eigenvalue weighted by molar-refractivity contribution is -0.115. The first-order chi connectivity index (χ1) is 8.74. The van der Waals surface area contributed by atoms with E-state index in [1.165, 1.54) is 5.56 Å². The smallest absolute Gasteiger partial charge is 0.242 e. The lowest BCUT2D eigenvalue weighted by atomic mass is 10.2. The zero-order chi connectivity index (χ0) is 12.5. The second-order valence-corrected chi connectivity index (χ2v) is 5.57. The second kappa shape index (κ2) is 4.50. The van der Waals surface area contributed by atoms with Crippen molar-refractivity contribution < 1.29 is 4.79 Å². The molecule has 1 unspecified atom stereocenters. The van der Waals surface area contributed by atoms with Crippen molar-refractivity contribution in [2.24, 2.45) is 0 Å². The molecule has 1 amide bonds. The van der Waals surface area contributed by atoms with Gasteiger partial charge in [-0.05, 0) is 30.7 Å². The summed E-state index contributed by atoms with van der Waals surface area (Å²) >= 11 is 1.60. The van der Waals surface area contributed by atoms with Crippen molar-refractivity contribution in [2.75, 3.05) is 5.32 Å². The van der Waals surface area contributed by atoms with Crippen molar-refractivity contribution in [3.63, 3.8) is 0 Å². The third-order valence-electron chi connectivity index (χ3n) is 3.01. The number of aryl methyl sites for hydroxylation is 1. The Hall–Kier alpha value is -1.74. The topological polar surface area (TPSA) is 29.1 Å². The van der Waals surface area contributed by atoms with Gasteiger partial charge in [0.2, 0.25) is 5.91 Å². The highest BCUT2D eigenvalue weighted by Gasteiger charge is 2.30. The molecule has 0 spiro atoms. The van der Waals surface area contributed by atoms with E-state index in [2.05, 4.69) is 36.5 Å². The maximum atomic E-state index is 12.0. The molecule has 2 aromatic rings. The number of carbonyl (C=O) groups excluding carboxylic acids is 1. The van der Waals surface area contributed by atoms with E-state index in [4.69, 9.17) is 0 Å². The molecule has 0 saturated carbocycles. The summed E-state index contributed by atoms with van der Waals surface area (Å²) in [5, 5.41) is 2.78. The van der Waals surface area contributed by atoms with Crippen LogP contribution in [0.15, 0.2) is 53.4 Å². The summed E-state index contributed by atoms with van der Waals surface area (Å²) in [6, 6.07) is 16.1. The van der Waals surface area contributed by atoms with Crippen molar-refractivity contribution in [3.8, 4) is 0 Å². The molecule has 0 fully saturated rings. The van der Waals surface area contributed by atoms with Crippen LogP contribution in [0, 0.1) is 6.92 Å². The van der Waals surface area contributed by atoms with Gasteiger partial charge in [-0.2, -0.15) is 0 Å². The maximum absolute atomic E-state index is 12.0. The number of carbonyl (C=O) groups is 1. The minimum absolute atomic E-state index is 0.0711. The molecule has 0 saturated heterocycles. The van der Waals surface area contributed by atoms with Gasteiger partial charge in [-0.15, -0.1) is 11.8 Å². The number of amides is 1. The molecule has 0 aliphatic carbocycles. The molecule has 0 radical (unpaired) electrons. The molecule has 3 rings (SSSR count). The van der Waals surface area contributed by atoms with Gasteiger partial charge in [0, 0.05) is 10.6 Å². The van der Waals surface area contributed by atoms with Crippen LogP contribution in [-0.4, -0.2) is 5.91 Å². The molecule has 1 heterocycles. The van der Waals surface area contributed by atoms with Gasteiger partial charge in [-0.25, -0.2) is 0 Å². The Morgan fingerprint density at radius 3 is 2.56 bits per heavy atom. The number of hydrogen-bond donors (Lipinski definition) is 1. The Balaban J connectivity index is 1.89. The number of rotatable bonds is 2. The summed E-state index contributed by atoms with van der Waals surface area (Å²) in [7, 11) is 0. The van der Waals surface area contributed by atoms with Gasteiger partial charge in [0.1, 0.15) is 5.25 Å². The van der Waals surface area contributed by atoms with E-state index in [0.29, 0.717) is 0 Å². The largest absolute Gasteiger partial charge is 0.325 e. The Morgan fingerprint density at radius 2 is 1.78 bits per heavy atom. The molecule has 90 valence electrons. The third-order valence-corrected chi connectivity index (χ3v) is 4.26. The van der Waals surface area contributed by atoms with Gasteiger partial charge in [0.05, 0.1) is 0 Å². The Bertz CT molecular complexity index is 592. The highest BCUT2D eigenvalue weighted by atomic mass is 32.2. The average Bonchev–Trinajstić information content (AvgIpc) is 2.69. The van der Waals surface area contributed by atoms with Crippen molar-refractivity contribution in [1.29, 1.82) is 0 Å². The molecule has 1 N–H and O–H groups in total. The first-order valence-corrected chi connectivity index (χ1v) is 6.75. The van der Waals surface area contributed by atoms with Crippen LogP contribution in [0.1, 0.15) is 16.4 Å².